The zero-order valence-electron chi connectivity index (χ0n) is 8.15. The number of thiophene rings is 2. The fraction of sp³-hybridized carbons (Fsp3) is 0.273. The third-order valence-electron chi connectivity index (χ3n) is 2.26. The van der Waals surface area contributed by atoms with Crippen molar-refractivity contribution in [3.63, 3.8) is 0 Å². The van der Waals surface area contributed by atoms with Crippen LogP contribution in [0.15, 0.2) is 22.9 Å². The first-order valence-electron chi connectivity index (χ1n) is 4.45. The van der Waals surface area contributed by atoms with Crippen LogP contribution in [0.3, 0.4) is 0 Å². The van der Waals surface area contributed by atoms with Gasteiger partial charge >= 0.3 is 0 Å². The van der Waals surface area contributed by atoms with Crippen molar-refractivity contribution in [3.8, 4) is 0 Å². The van der Waals surface area contributed by atoms with E-state index in [1.165, 1.54) is 9.75 Å². The predicted molar refractivity (Wildman–Crippen MR) is 62.2 cm³/mol. The molecule has 0 radical (unpaired) electrons. The summed E-state index contributed by atoms with van der Waals surface area (Å²) in [6.45, 7) is 4.10. The summed E-state index contributed by atoms with van der Waals surface area (Å²) < 4.78 is 0. The van der Waals surface area contributed by atoms with Crippen molar-refractivity contribution in [3.05, 3.63) is 43.8 Å². The van der Waals surface area contributed by atoms with Crippen LogP contribution in [0.4, 0.5) is 0 Å². The Kier molecular flexibility index (Phi) is 2.72. The molecule has 14 heavy (non-hydrogen) atoms. The van der Waals surface area contributed by atoms with Crippen molar-refractivity contribution in [2.75, 3.05) is 0 Å². The Morgan fingerprint density at radius 1 is 1.29 bits per heavy atom. The van der Waals surface area contributed by atoms with Gasteiger partial charge in [0.15, 0.2) is 0 Å². The zero-order valence-corrected chi connectivity index (χ0v) is 9.78. The molecule has 0 fully saturated rings. The number of aliphatic hydroxyl groups is 1. The van der Waals surface area contributed by atoms with Crippen molar-refractivity contribution >= 4 is 22.7 Å². The standard InChI is InChI=1S/C11H12OS2/c1-7-5-9(6-14-7)11(12)10-3-4-13-8(10)2/h3-6,11-12H,1-2H3. The molecule has 0 amide bonds. The second-order valence-electron chi connectivity index (χ2n) is 3.33. The predicted octanol–water partition coefficient (Wildman–Crippen LogP) is 3.51. The first-order valence-corrected chi connectivity index (χ1v) is 6.21. The molecule has 0 aromatic carbocycles. The lowest BCUT2D eigenvalue weighted by molar-refractivity contribution is 0.220. The molecule has 1 unspecified atom stereocenters. The van der Waals surface area contributed by atoms with Crippen LogP contribution in [0.25, 0.3) is 0 Å². The highest BCUT2D eigenvalue weighted by Gasteiger charge is 2.14. The van der Waals surface area contributed by atoms with Crippen LogP contribution in [0.2, 0.25) is 0 Å². The van der Waals surface area contributed by atoms with E-state index in [2.05, 4.69) is 6.92 Å². The van der Waals surface area contributed by atoms with Gasteiger partial charge in [-0.1, -0.05) is 0 Å². The van der Waals surface area contributed by atoms with Crippen LogP contribution in [0, 0.1) is 13.8 Å². The summed E-state index contributed by atoms with van der Waals surface area (Å²) in [5, 5.41) is 14.1. The molecule has 74 valence electrons. The summed E-state index contributed by atoms with van der Waals surface area (Å²) in [4.78, 5) is 2.44. The lowest BCUT2D eigenvalue weighted by Crippen LogP contribution is -1.97. The Labute approximate surface area is 91.7 Å². The summed E-state index contributed by atoms with van der Waals surface area (Å²) in [6.07, 6.45) is -0.453. The van der Waals surface area contributed by atoms with Gasteiger partial charge in [-0.2, -0.15) is 0 Å². The van der Waals surface area contributed by atoms with E-state index in [1.807, 2.05) is 29.8 Å². The van der Waals surface area contributed by atoms with Crippen molar-refractivity contribution in [2.45, 2.75) is 20.0 Å². The van der Waals surface area contributed by atoms with Crippen LogP contribution in [-0.4, -0.2) is 5.11 Å². The Morgan fingerprint density at radius 2 is 2.07 bits per heavy atom. The van der Waals surface area contributed by atoms with E-state index in [-0.39, 0.29) is 0 Å². The summed E-state index contributed by atoms with van der Waals surface area (Å²) in [5.41, 5.74) is 2.04. The van der Waals surface area contributed by atoms with Crippen LogP contribution in [0.5, 0.6) is 0 Å². The number of aryl methyl sites for hydroxylation is 2. The Hall–Kier alpha value is -0.640. The van der Waals surface area contributed by atoms with Gasteiger partial charge in [0.25, 0.3) is 0 Å². The molecular formula is C11H12OS2. The van der Waals surface area contributed by atoms with E-state index in [9.17, 15) is 5.11 Å². The van der Waals surface area contributed by atoms with Gasteiger partial charge in [-0.3, -0.25) is 0 Å². The molecule has 0 saturated carbocycles. The van der Waals surface area contributed by atoms with Crippen molar-refractivity contribution in [1.82, 2.24) is 0 Å². The van der Waals surface area contributed by atoms with Gasteiger partial charge in [0.05, 0.1) is 0 Å². The normalized spacial score (nSPS) is 13.1. The minimum absolute atomic E-state index is 0.453. The third-order valence-corrected chi connectivity index (χ3v) is 4.00. The molecule has 0 spiro atoms. The average molecular weight is 224 g/mol. The average Bonchev–Trinajstić information content (AvgIpc) is 2.73. The Morgan fingerprint density at radius 3 is 2.57 bits per heavy atom. The van der Waals surface area contributed by atoms with Crippen LogP contribution in [0.1, 0.15) is 27.0 Å². The van der Waals surface area contributed by atoms with E-state index in [0.717, 1.165) is 11.1 Å². The van der Waals surface area contributed by atoms with Gasteiger partial charge in [0.2, 0.25) is 0 Å². The van der Waals surface area contributed by atoms with Crippen LogP contribution >= 0.6 is 22.7 Å². The smallest absolute Gasteiger partial charge is 0.106 e. The highest BCUT2D eigenvalue weighted by molar-refractivity contribution is 7.10. The second kappa shape index (κ2) is 3.85. The lowest BCUT2D eigenvalue weighted by Gasteiger charge is -2.07. The highest BCUT2D eigenvalue weighted by Crippen LogP contribution is 2.30. The number of rotatable bonds is 2. The highest BCUT2D eigenvalue weighted by atomic mass is 32.1. The van der Waals surface area contributed by atoms with E-state index < -0.39 is 6.10 Å². The van der Waals surface area contributed by atoms with E-state index >= 15 is 0 Å². The fourth-order valence-corrected chi connectivity index (χ4v) is 2.92. The fourth-order valence-electron chi connectivity index (χ4n) is 1.47. The zero-order chi connectivity index (χ0) is 10.1. The molecule has 1 nitrogen and oxygen atoms in total. The molecule has 0 saturated heterocycles. The molecule has 0 aliphatic heterocycles. The summed E-state index contributed by atoms with van der Waals surface area (Å²) in [6, 6.07) is 4.05. The van der Waals surface area contributed by atoms with E-state index in [1.54, 1.807) is 22.7 Å². The van der Waals surface area contributed by atoms with Crippen LogP contribution < -0.4 is 0 Å². The minimum Gasteiger partial charge on any atom is -0.384 e. The molecule has 2 aromatic rings. The maximum Gasteiger partial charge on any atom is 0.106 e. The van der Waals surface area contributed by atoms with Crippen molar-refractivity contribution < 1.29 is 5.11 Å². The van der Waals surface area contributed by atoms with Gasteiger partial charge in [0.1, 0.15) is 6.10 Å². The monoisotopic (exact) mass is 224 g/mol. The Balaban J connectivity index is 2.33. The molecule has 0 bridgehead atoms. The van der Waals surface area contributed by atoms with Gasteiger partial charge in [-0.25, -0.2) is 0 Å². The second-order valence-corrected chi connectivity index (χ2v) is 5.56. The Bertz CT molecular complexity index is 428. The van der Waals surface area contributed by atoms with E-state index in [0.29, 0.717) is 0 Å². The number of aliphatic hydroxyl groups excluding tert-OH is 1. The molecule has 3 heteroatoms. The maximum absolute atomic E-state index is 10.1. The SMILES string of the molecule is Cc1cc(C(O)c2ccsc2C)cs1. The molecular weight excluding hydrogens is 212 g/mol. The first-order chi connectivity index (χ1) is 6.68. The minimum atomic E-state index is -0.453. The molecule has 0 aliphatic rings. The number of hydrogen-bond acceptors (Lipinski definition) is 3. The van der Waals surface area contributed by atoms with Crippen LogP contribution in [-0.2, 0) is 0 Å². The van der Waals surface area contributed by atoms with E-state index in [4.69, 9.17) is 0 Å². The summed E-state index contributed by atoms with van der Waals surface area (Å²) in [5.74, 6) is 0. The summed E-state index contributed by atoms with van der Waals surface area (Å²) in [7, 11) is 0. The van der Waals surface area contributed by atoms with Gasteiger partial charge in [0, 0.05) is 9.75 Å². The van der Waals surface area contributed by atoms with Gasteiger partial charge < -0.3 is 5.11 Å². The third kappa shape index (κ3) is 1.75. The topological polar surface area (TPSA) is 20.2 Å². The quantitative estimate of drug-likeness (QED) is 0.827. The first kappa shape index (κ1) is 9.90. The van der Waals surface area contributed by atoms with Gasteiger partial charge in [-0.05, 0) is 47.9 Å². The van der Waals surface area contributed by atoms with Crippen molar-refractivity contribution in [1.29, 1.82) is 0 Å². The lowest BCUT2D eigenvalue weighted by atomic mass is 10.1. The molecule has 0 aliphatic carbocycles. The summed E-state index contributed by atoms with van der Waals surface area (Å²) >= 11 is 3.36. The molecule has 2 aromatic heterocycles. The molecule has 2 rings (SSSR count). The molecule has 1 atom stereocenters. The van der Waals surface area contributed by atoms with Crippen molar-refractivity contribution in [2.24, 2.45) is 0 Å². The number of hydrogen-bond donors (Lipinski definition) is 1. The molecule has 1 N–H and O–H groups in total. The largest absolute Gasteiger partial charge is 0.384 e. The molecule has 2 heterocycles. The van der Waals surface area contributed by atoms with Gasteiger partial charge in [-0.15, -0.1) is 22.7 Å². The maximum atomic E-state index is 10.1.